The molecule has 6 heterocycles. The van der Waals surface area contributed by atoms with Crippen molar-refractivity contribution in [2.24, 2.45) is 0 Å². The number of aromatic nitrogens is 8. The Kier molecular flexibility index (Phi) is 12.3. The number of morpholine rings is 2. The number of anilines is 2. The summed E-state index contributed by atoms with van der Waals surface area (Å²) in [5, 5.41) is 0. The Morgan fingerprint density at radius 1 is 0.531 bits per heavy atom. The molecule has 8 aromatic rings. The lowest BCUT2D eigenvalue weighted by molar-refractivity contribution is 0.122. The van der Waals surface area contributed by atoms with Crippen molar-refractivity contribution in [2.45, 2.75) is 26.1 Å². The molecule has 0 aliphatic carbocycles. The standard InChI is InChI=1S/2C23H21F2N5O2/c2*1-14(32-18-9-16(24)8-17(25)10-18)19-6-15(21-11-26-13-28-21)7-20-23(19)29-22(12-27-20)30-2-4-31-5-3-30/h2*6-14H,2-5H2,1H3,(H,26,28). The Hall–Kier alpha value is -7.18. The first-order chi connectivity index (χ1) is 31.1. The van der Waals surface area contributed by atoms with Crippen molar-refractivity contribution in [1.29, 1.82) is 0 Å². The van der Waals surface area contributed by atoms with E-state index in [1.807, 2.05) is 38.1 Å². The summed E-state index contributed by atoms with van der Waals surface area (Å²) < 4.78 is 77.4. The average Bonchev–Trinajstić information content (AvgIpc) is 4.05. The fraction of sp³-hybridized carbons (Fsp3) is 0.261. The van der Waals surface area contributed by atoms with Crippen molar-refractivity contribution >= 4 is 33.7 Å². The third-order valence-electron chi connectivity index (χ3n) is 10.8. The van der Waals surface area contributed by atoms with Gasteiger partial charge in [-0.25, -0.2) is 37.5 Å². The quantitative estimate of drug-likeness (QED) is 0.127. The van der Waals surface area contributed by atoms with Crippen molar-refractivity contribution in [3.8, 4) is 34.0 Å². The van der Waals surface area contributed by atoms with Crippen LogP contribution < -0.4 is 19.3 Å². The molecule has 2 N–H and O–H groups in total. The average molecular weight is 875 g/mol. The first-order valence-corrected chi connectivity index (χ1v) is 20.6. The molecule has 4 aromatic carbocycles. The van der Waals surface area contributed by atoms with Gasteiger partial charge < -0.3 is 38.7 Å². The van der Waals surface area contributed by atoms with E-state index in [4.69, 9.17) is 28.9 Å². The molecular formula is C46H42F4N10O4. The molecule has 2 unspecified atom stereocenters. The lowest BCUT2D eigenvalue weighted by Crippen LogP contribution is -2.36. The summed E-state index contributed by atoms with van der Waals surface area (Å²) in [6, 6.07) is 14.0. The molecule has 64 heavy (non-hydrogen) atoms. The number of aromatic amines is 2. The lowest BCUT2D eigenvalue weighted by Gasteiger charge is -2.28. The molecule has 4 aromatic heterocycles. The molecule has 2 aliphatic heterocycles. The smallest absolute Gasteiger partial charge is 0.148 e. The number of benzene rings is 4. The Labute approximate surface area is 364 Å². The van der Waals surface area contributed by atoms with Gasteiger partial charge >= 0.3 is 0 Å². The third-order valence-corrected chi connectivity index (χ3v) is 10.8. The second kappa shape index (κ2) is 18.7. The van der Waals surface area contributed by atoms with E-state index >= 15 is 0 Å². The summed E-state index contributed by atoms with van der Waals surface area (Å²) in [6.45, 7) is 9.10. The summed E-state index contributed by atoms with van der Waals surface area (Å²) in [7, 11) is 0. The number of fused-ring (bicyclic) bond motifs is 2. The number of imidazole rings is 2. The van der Waals surface area contributed by atoms with Gasteiger partial charge in [0.15, 0.2) is 0 Å². The van der Waals surface area contributed by atoms with E-state index in [1.54, 1.807) is 37.4 Å². The SMILES string of the molecule is CC(Oc1cc(F)cc(F)c1)c1cc(-c2cnc[nH]2)cc2ncc(N3CCOCC3)nc12.CC(Oc1cc(F)cc(F)c1)c1cc(-c2cnc[nH]2)cc2ncc(N3CCOCC3)nc12. The molecule has 0 spiro atoms. The van der Waals surface area contributed by atoms with Crippen LogP contribution in [0.1, 0.15) is 37.2 Å². The van der Waals surface area contributed by atoms with Crippen LogP contribution in [-0.4, -0.2) is 92.5 Å². The van der Waals surface area contributed by atoms with Gasteiger partial charge in [0, 0.05) is 84.8 Å². The fourth-order valence-corrected chi connectivity index (χ4v) is 7.64. The minimum atomic E-state index is -0.697. The van der Waals surface area contributed by atoms with Crippen LogP contribution in [0.2, 0.25) is 0 Å². The van der Waals surface area contributed by atoms with Crippen molar-refractivity contribution in [3.63, 3.8) is 0 Å². The topological polar surface area (TPSA) is 152 Å². The maximum Gasteiger partial charge on any atom is 0.148 e. The molecule has 2 fully saturated rings. The van der Waals surface area contributed by atoms with E-state index in [-0.39, 0.29) is 11.5 Å². The van der Waals surface area contributed by atoms with Gasteiger partial charge in [0.2, 0.25) is 0 Å². The first kappa shape index (κ1) is 42.1. The highest BCUT2D eigenvalue weighted by atomic mass is 19.1. The van der Waals surface area contributed by atoms with Crippen LogP contribution in [0.3, 0.4) is 0 Å². The number of nitrogens with one attached hydrogen (secondary N) is 2. The third kappa shape index (κ3) is 9.57. The fourth-order valence-electron chi connectivity index (χ4n) is 7.64. The molecular weight excluding hydrogens is 833 g/mol. The van der Waals surface area contributed by atoms with Crippen LogP contribution in [0.4, 0.5) is 29.2 Å². The summed E-state index contributed by atoms with van der Waals surface area (Å²) in [4.78, 5) is 37.7. The largest absolute Gasteiger partial charge is 0.486 e. The van der Waals surface area contributed by atoms with Gasteiger partial charge in [0.25, 0.3) is 0 Å². The zero-order valence-electron chi connectivity index (χ0n) is 34.8. The second-order valence-electron chi connectivity index (χ2n) is 15.2. The molecule has 0 amide bonds. The molecule has 2 atom stereocenters. The van der Waals surface area contributed by atoms with Gasteiger partial charge in [-0.2, -0.15) is 0 Å². The summed E-state index contributed by atoms with van der Waals surface area (Å²) in [5.74, 6) is -1.08. The number of rotatable bonds is 10. The molecule has 14 nitrogen and oxygen atoms in total. The monoisotopic (exact) mass is 874 g/mol. The number of H-pyrrole nitrogens is 2. The van der Waals surface area contributed by atoms with Crippen LogP contribution in [0, 0.1) is 23.3 Å². The van der Waals surface area contributed by atoms with E-state index in [2.05, 4.69) is 39.7 Å². The maximum absolute atomic E-state index is 13.7. The van der Waals surface area contributed by atoms with Crippen LogP contribution in [0.5, 0.6) is 11.5 Å². The number of nitrogens with zero attached hydrogens (tertiary/aromatic N) is 8. The number of hydrogen-bond acceptors (Lipinski definition) is 12. The highest BCUT2D eigenvalue weighted by Gasteiger charge is 2.22. The number of ether oxygens (including phenoxy) is 4. The number of hydrogen-bond donors (Lipinski definition) is 2. The van der Waals surface area contributed by atoms with Crippen LogP contribution >= 0.6 is 0 Å². The van der Waals surface area contributed by atoms with Crippen molar-refractivity contribution in [1.82, 2.24) is 39.9 Å². The molecule has 328 valence electrons. The van der Waals surface area contributed by atoms with Gasteiger partial charge in [0.05, 0.1) is 97.3 Å². The van der Waals surface area contributed by atoms with E-state index in [1.165, 1.54) is 0 Å². The minimum absolute atomic E-state index is 0.104. The first-order valence-electron chi connectivity index (χ1n) is 20.6. The highest BCUT2D eigenvalue weighted by Crippen LogP contribution is 2.35. The maximum atomic E-state index is 13.7. The molecule has 10 rings (SSSR count). The van der Waals surface area contributed by atoms with Crippen molar-refractivity contribution in [2.75, 3.05) is 62.4 Å². The van der Waals surface area contributed by atoms with E-state index in [0.717, 1.165) is 108 Å². The molecule has 0 radical (unpaired) electrons. The molecule has 2 aliphatic rings. The summed E-state index contributed by atoms with van der Waals surface area (Å²) in [6.07, 6.45) is 9.04. The van der Waals surface area contributed by atoms with Gasteiger partial charge in [-0.15, -0.1) is 0 Å². The Bertz CT molecular complexity index is 2640. The molecule has 18 heteroatoms. The van der Waals surface area contributed by atoms with Crippen LogP contribution in [0.25, 0.3) is 44.6 Å². The van der Waals surface area contributed by atoms with Crippen LogP contribution in [0.15, 0.2) is 98.1 Å². The summed E-state index contributed by atoms with van der Waals surface area (Å²) in [5.41, 5.74) is 7.56. The summed E-state index contributed by atoms with van der Waals surface area (Å²) >= 11 is 0. The van der Waals surface area contributed by atoms with Gasteiger partial charge in [-0.05, 0) is 38.1 Å². The second-order valence-corrected chi connectivity index (χ2v) is 15.2. The predicted molar refractivity (Wildman–Crippen MR) is 231 cm³/mol. The Balaban J connectivity index is 0.000000162. The van der Waals surface area contributed by atoms with Crippen molar-refractivity contribution < 1.29 is 36.5 Å². The lowest BCUT2D eigenvalue weighted by atomic mass is 10.0. The van der Waals surface area contributed by atoms with Gasteiger partial charge in [-0.1, -0.05) is 0 Å². The predicted octanol–water partition coefficient (Wildman–Crippen LogP) is 8.55. The minimum Gasteiger partial charge on any atom is -0.486 e. The Morgan fingerprint density at radius 3 is 1.28 bits per heavy atom. The zero-order chi connectivity index (χ0) is 44.2. The molecule has 0 bridgehead atoms. The van der Waals surface area contributed by atoms with Crippen LogP contribution in [-0.2, 0) is 9.47 Å². The van der Waals surface area contributed by atoms with Gasteiger partial charge in [0.1, 0.15) is 58.6 Å². The van der Waals surface area contributed by atoms with Gasteiger partial charge in [-0.3, -0.25) is 9.97 Å². The van der Waals surface area contributed by atoms with E-state index in [9.17, 15) is 17.6 Å². The number of halogens is 4. The normalized spacial score (nSPS) is 15.2. The van der Waals surface area contributed by atoms with Crippen molar-refractivity contribution in [3.05, 3.63) is 133 Å². The zero-order valence-corrected chi connectivity index (χ0v) is 34.8. The molecule has 2 saturated heterocycles. The van der Waals surface area contributed by atoms with E-state index < -0.39 is 35.5 Å². The molecule has 0 saturated carbocycles. The van der Waals surface area contributed by atoms with E-state index in [0.29, 0.717) is 48.5 Å². The Morgan fingerprint density at radius 2 is 0.922 bits per heavy atom. The highest BCUT2D eigenvalue weighted by molar-refractivity contribution is 5.86.